The quantitative estimate of drug-likeness (QED) is 0.369. The Kier molecular flexibility index (Phi) is 5.74. The molecule has 5 rings (SSSR count). The first kappa shape index (κ1) is 21.3. The predicted octanol–water partition coefficient (Wildman–Crippen LogP) is 5.52. The van der Waals surface area contributed by atoms with Gasteiger partial charge >= 0.3 is 0 Å². The van der Waals surface area contributed by atoms with Crippen LogP contribution < -0.4 is 5.32 Å². The number of aromatic nitrogens is 4. The molecule has 0 atom stereocenters. The average molecular weight is 450 g/mol. The summed E-state index contributed by atoms with van der Waals surface area (Å²) in [5, 5.41) is 11.2. The fourth-order valence-corrected chi connectivity index (χ4v) is 3.66. The Morgan fingerprint density at radius 2 is 1.65 bits per heavy atom. The number of anilines is 1. The van der Waals surface area contributed by atoms with E-state index in [9.17, 15) is 4.79 Å². The number of imidazole rings is 1. The third-order valence-corrected chi connectivity index (χ3v) is 5.57. The number of nitrogens with one attached hydrogen (secondary N) is 1. The number of amides is 1. The van der Waals surface area contributed by atoms with Crippen LogP contribution in [0.1, 0.15) is 27.3 Å². The number of carbonyl (C=O) groups is 1. The number of aryl methyl sites for hydroxylation is 2. The van der Waals surface area contributed by atoms with Gasteiger partial charge in [-0.2, -0.15) is 0 Å². The standard InChI is InChI=1S/C27H23N5O2/c1-18-4-3-5-23(16-18)27-31-30-26(34-27)22-10-8-21(9-11-22)25(33)29-24-12-6-20(7-13-24)17-32-15-14-28-19(32)2/h3-16H,17H2,1-2H3,(H,29,33). The first-order chi connectivity index (χ1) is 16.5. The van der Waals surface area contributed by atoms with E-state index in [-0.39, 0.29) is 5.91 Å². The second kappa shape index (κ2) is 9.15. The number of rotatable bonds is 6. The molecule has 0 bridgehead atoms. The molecule has 0 fully saturated rings. The van der Waals surface area contributed by atoms with Crippen LogP contribution >= 0.6 is 0 Å². The smallest absolute Gasteiger partial charge is 0.255 e. The maximum atomic E-state index is 12.7. The number of carbonyl (C=O) groups excluding carboxylic acids is 1. The molecule has 0 unspecified atom stereocenters. The molecule has 5 aromatic rings. The first-order valence-corrected chi connectivity index (χ1v) is 10.9. The van der Waals surface area contributed by atoms with Crippen molar-refractivity contribution in [3.05, 3.63) is 108 Å². The van der Waals surface area contributed by atoms with Crippen LogP contribution in [0.2, 0.25) is 0 Å². The van der Waals surface area contributed by atoms with E-state index in [1.807, 2.05) is 68.6 Å². The highest BCUT2D eigenvalue weighted by molar-refractivity contribution is 6.04. The summed E-state index contributed by atoms with van der Waals surface area (Å²) in [6.07, 6.45) is 3.74. The minimum absolute atomic E-state index is 0.185. The third-order valence-electron chi connectivity index (χ3n) is 5.57. The molecule has 0 saturated heterocycles. The fraction of sp³-hybridized carbons (Fsp3) is 0.111. The van der Waals surface area contributed by atoms with Crippen molar-refractivity contribution in [3.8, 4) is 22.9 Å². The Morgan fingerprint density at radius 1 is 0.912 bits per heavy atom. The average Bonchev–Trinajstić information content (AvgIpc) is 3.50. The number of benzene rings is 3. The van der Waals surface area contributed by atoms with E-state index in [1.54, 1.807) is 30.5 Å². The molecule has 34 heavy (non-hydrogen) atoms. The predicted molar refractivity (Wildman–Crippen MR) is 130 cm³/mol. The monoisotopic (exact) mass is 449 g/mol. The van der Waals surface area contributed by atoms with Crippen LogP contribution in [0.3, 0.4) is 0 Å². The SMILES string of the molecule is Cc1cccc(-c2nnc(-c3ccc(C(=O)Nc4ccc(Cn5ccnc5C)cc4)cc3)o2)c1. The molecule has 0 saturated carbocycles. The highest BCUT2D eigenvalue weighted by atomic mass is 16.4. The van der Waals surface area contributed by atoms with Crippen molar-refractivity contribution >= 4 is 11.6 Å². The van der Waals surface area contributed by atoms with Crippen molar-refractivity contribution in [2.24, 2.45) is 0 Å². The van der Waals surface area contributed by atoms with Gasteiger partial charge in [0.25, 0.3) is 5.91 Å². The van der Waals surface area contributed by atoms with Crippen LogP contribution in [0.4, 0.5) is 5.69 Å². The van der Waals surface area contributed by atoms with E-state index in [0.29, 0.717) is 17.3 Å². The highest BCUT2D eigenvalue weighted by Gasteiger charge is 2.12. The lowest BCUT2D eigenvalue weighted by Crippen LogP contribution is -2.11. The molecule has 0 radical (unpaired) electrons. The van der Waals surface area contributed by atoms with Gasteiger partial charge in [-0.1, -0.05) is 29.8 Å². The van der Waals surface area contributed by atoms with E-state index in [2.05, 4.69) is 25.1 Å². The highest BCUT2D eigenvalue weighted by Crippen LogP contribution is 2.25. The van der Waals surface area contributed by atoms with Gasteiger partial charge in [-0.3, -0.25) is 4.79 Å². The van der Waals surface area contributed by atoms with Crippen LogP contribution in [-0.2, 0) is 6.54 Å². The maximum absolute atomic E-state index is 12.7. The molecule has 7 heteroatoms. The maximum Gasteiger partial charge on any atom is 0.255 e. The number of nitrogens with zero attached hydrogens (tertiary/aromatic N) is 4. The summed E-state index contributed by atoms with van der Waals surface area (Å²) < 4.78 is 7.91. The van der Waals surface area contributed by atoms with Gasteiger partial charge in [0.2, 0.25) is 11.8 Å². The van der Waals surface area contributed by atoms with Gasteiger partial charge in [-0.05, 0) is 67.9 Å². The summed E-state index contributed by atoms with van der Waals surface area (Å²) >= 11 is 0. The van der Waals surface area contributed by atoms with Crippen LogP contribution in [0.25, 0.3) is 22.9 Å². The van der Waals surface area contributed by atoms with Crippen LogP contribution in [0.5, 0.6) is 0 Å². The normalized spacial score (nSPS) is 10.9. The summed E-state index contributed by atoms with van der Waals surface area (Å²) in [4.78, 5) is 16.9. The molecule has 1 amide bonds. The first-order valence-electron chi connectivity index (χ1n) is 10.9. The zero-order valence-electron chi connectivity index (χ0n) is 18.9. The van der Waals surface area contributed by atoms with E-state index in [0.717, 1.165) is 40.3 Å². The molecular formula is C27H23N5O2. The van der Waals surface area contributed by atoms with E-state index < -0.39 is 0 Å². The van der Waals surface area contributed by atoms with Crippen molar-refractivity contribution in [3.63, 3.8) is 0 Å². The summed E-state index contributed by atoms with van der Waals surface area (Å²) in [5.74, 6) is 1.66. The largest absolute Gasteiger partial charge is 0.416 e. The van der Waals surface area contributed by atoms with Crippen LogP contribution in [0, 0.1) is 13.8 Å². The Hall–Kier alpha value is -4.52. The number of hydrogen-bond acceptors (Lipinski definition) is 5. The molecular weight excluding hydrogens is 426 g/mol. The molecule has 0 aliphatic heterocycles. The molecule has 3 aromatic carbocycles. The van der Waals surface area contributed by atoms with Gasteiger partial charge in [0, 0.05) is 41.3 Å². The van der Waals surface area contributed by atoms with Gasteiger partial charge in [-0.25, -0.2) is 4.98 Å². The molecule has 7 nitrogen and oxygen atoms in total. The molecule has 1 N–H and O–H groups in total. The van der Waals surface area contributed by atoms with Gasteiger partial charge in [0.05, 0.1) is 0 Å². The van der Waals surface area contributed by atoms with Crippen molar-refractivity contribution in [2.75, 3.05) is 5.32 Å². The van der Waals surface area contributed by atoms with Crippen molar-refractivity contribution in [1.82, 2.24) is 19.7 Å². The Morgan fingerprint density at radius 3 is 2.32 bits per heavy atom. The van der Waals surface area contributed by atoms with Gasteiger partial charge in [-0.15, -0.1) is 10.2 Å². The lowest BCUT2D eigenvalue weighted by atomic mass is 10.1. The fourth-order valence-electron chi connectivity index (χ4n) is 3.66. The minimum Gasteiger partial charge on any atom is -0.416 e. The van der Waals surface area contributed by atoms with E-state index in [1.165, 1.54) is 0 Å². The van der Waals surface area contributed by atoms with Gasteiger partial charge < -0.3 is 14.3 Å². The lowest BCUT2D eigenvalue weighted by Gasteiger charge is -2.08. The topological polar surface area (TPSA) is 85.8 Å². The Bertz CT molecular complexity index is 1430. The summed E-state index contributed by atoms with van der Waals surface area (Å²) in [6, 6.07) is 22.8. The summed E-state index contributed by atoms with van der Waals surface area (Å²) in [6.45, 7) is 4.73. The summed E-state index contributed by atoms with van der Waals surface area (Å²) in [7, 11) is 0. The minimum atomic E-state index is -0.185. The molecule has 2 aromatic heterocycles. The molecule has 168 valence electrons. The van der Waals surface area contributed by atoms with E-state index in [4.69, 9.17) is 4.42 Å². The molecule has 0 aliphatic rings. The second-order valence-electron chi connectivity index (χ2n) is 8.11. The van der Waals surface area contributed by atoms with Crippen LogP contribution in [-0.4, -0.2) is 25.7 Å². The number of hydrogen-bond donors (Lipinski definition) is 1. The van der Waals surface area contributed by atoms with Crippen molar-refractivity contribution in [2.45, 2.75) is 20.4 Å². The molecule has 2 heterocycles. The van der Waals surface area contributed by atoms with E-state index >= 15 is 0 Å². The van der Waals surface area contributed by atoms with Crippen molar-refractivity contribution < 1.29 is 9.21 Å². The van der Waals surface area contributed by atoms with Crippen LogP contribution in [0.15, 0.2) is 89.6 Å². The summed E-state index contributed by atoms with van der Waals surface area (Å²) in [5.41, 5.74) is 5.16. The third kappa shape index (κ3) is 4.63. The lowest BCUT2D eigenvalue weighted by molar-refractivity contribution is 0.102. The Labute approximate surface area is 197 Å². The second-order valence-corrected chi connectivity index (χ2v) is 8.11. The zero-order valence-corrected chi connectivity index (χ0v) is 18.9. The molecule has 0 aliphatic carbocycles. The zero-order chi connectivity index (χ0) is 23.5. The van der Waals surface area contributed by atoms with Gasteiger partial charge in [0.15, 0.2) is 0 Å². The molecule has 0 spiro atoms. The van der Waals surface area contributed by atoms with Gasteiger partial charge in [0.1, 0.15) is 5.82 Å². The van der Waals surface area contributed by atoms with Crippen molar-refractivity contribution in [1.29, 1.82) is 0 Å². The Balaban J connectivity index is 1.24.